The molecule has 0 fully saturated rings. The van der Waals surface area contributed by atoms with Gasteiger partial charge in [0.05, 0.1) is 19.6 Å². The zero-order valence-corrected chi connectivity index (χ0v) is 19.1. The van der Waals surface area contributed by atoms with Crippen molar-refractivity contribution in [2.75, 3.05) is 26.0 Å². The van der Waals surface area contributed by atoms with Crippen molar-refractivity contribution in [3.05, 3.63) is 70.2 Å². The zero-order valence-electron chi connectivity index (χ0n) is 17.5. The fourth-order valence-corrected chi connectivity index (χ4v) is 3.84. The van der Waals surface area contributed by atoms with Crippen LogP contribution in [0.4, 0.5) is 5.69 Å². The minimum Gasteiger partial charge on any atom is -0.497 e. The van der Waals surface area contributed by atoms with Crippen LogP contribution in [0.2, 0.25) is 0 Å². The highest BCUT2D eigenvalue weighted by Crippen LogP contribution is 2.26. The van der Waals surface area contributed by atoms with Crippen LogP contribution in [-0.2, 0) is 9.59 Å². The van der Waals surface area contributed by atoms with E-state index in [9.17, 15) is 9.59 Å². The summed E-state index contributed by atoms with van der Waals surface area (Å²) in [6, 6.07) is 17.4. The Hall–Kier alpha value is -2.86. The van der Waals surface area contributed by atoms with Crippen LogP contribution in [0.25, 0.3) is 10.8 Å². The lowest BCUT2D eigenvalue weighted by atomic mass is 9.96. The number of hydrogen-bond acceptors (Lipinski definition) is 3. The van der Waals surface area contributed by atoms with E-state index < -0.39 is 0 Å². The average molecular weight is 469 g/mol. The maximum Gasteiger partial charge on any atom is 0.243 e. The number of likely N-dealkylation sites (N-methyl/N-ethyl adjacent to an activating group) is 1. The van der Waals surface area contributed by atoms with Gasteiger partial charge in [-0.3, -0.25) is 9.59 Å². The second-order valence-corrected chi connectivity index (χ2v) is 8.31. The van der Waals surface area contributed by atoms with Crippen LogP contribution in [0.5, 0.6) is 5.75 Å². The first-order chi connectivity index (χ1) is 14.3. The number of hydrogen-bond donors (Lipinski definition) is 1. The van der Waals surface area contributed by atoms with E-state index in [0.29, 0.717) is 0 Å². The number of nitrogens with one attached hydrogen (secondary N) is 1. The van der Waals surface area contributed by atoms with Crippen LogP contribution in [0.3, 0.4) is 0 Å². The lowest BCUT2D eigenvalue weighted by molar-refractivity contribution is -0.134. The van der Waals surface area contributed by atoms with Gasteiger partial charge in [0.25, 0.3) is 0 Å². The lowest BCUT2D eigenvalue weighted by Crippen LogP contribution is -2.37. The van der Waals surface area contributed by atoms with E-state index in [-0.39, 0.29) is 24.3 Å². The summed E-state index contributed by atoms with van der Waals surface area (Å²) in [6.45, 7) is 3.77. The number of nitrogens with zero attached hydrogens (tertiary/aromatic N) is 1. The highest BCUT2D eigenvalue weighted by molar-refractivity contribution is 9.10. The van der Waals surface area contributed by atoms with E-state index in [1.165, 1.54) is 4.90 Å². The standard InChI is InChI=1S/C24H25BrN2O3/c1-15-11-20(25)8-10-22(15)26-23(28)14-27(3)24(29)16(2)17-5-6-19-13-21(30-4)9-7-18(19)12-17/h5-13,16H,14H2,1-4H3,(H,26,28)/t16-/m0/s1. The zero-order chi connectivity index (χ0) is 21.8. The molecule has 0 saturated carbocycles. The first-order valence-electron chi connectivity index (χ1n) is 9.67. The summed E-state index contributed by atoms with van der Waals surface area (Å²) in [7, 11) is 3.29. The summed E-state index contributed by atoms with van der Waals surface area (Å²) in [5, 5.41) is 4.96. The Balaban J connectivity index is 1.67. The highest BCUT2D eigenvalue weighted by Gasteiger charge is 2.21. The van der Waals surface area contributed by atoms with Crippen LogP contribution in [-0.4, -0.2) is 37.4 Å². The molecule has 0 radical (unpaired) electrons. The van der Waals surface area contributed by atoms with E-state index >= 15 is 0 Å². The Morgan fingerprint density at radius 2 is 1.77 bits per heavy atom. The van der Waals surface area contributed by atoms with Crippen LogP contribution in [0, 0.1) is 6.92 Å². The SMILES string of the molecule is COc1ccc2cc([C@H](C)C(=O)N(C)CC(=O)Nc3ccc(Br)cc3C)ccc2c1. The fraction of sp³-hybridized carbons (Fsp3) is 0.250. The molecule has 3 aromatic rings. The van der Waals surface area contributed by atoms with Crippen LogP contribution < -0.4 is 10.1 Å². The van der Waals surface area contributed by atoms with Crippen LogP contribution in [0.15, 0.2) is 59.1 Å². The number of ether oxygens (including phenoxy) is 1. The number of carbonyl (C=O) groups excluding carboxylic acids is 2. The van der Waals surface area contributed by atoms with Gasteiger partial charge in [-0.15, -0.1) is 0 Å². The molecule has 30 heavy (non-hydrogen) atoms. The molecule has 156 valence electrons. The quantitative estimate of drug-likeness (QED) is 0.545. The van der Waals surface area contributed by atoms with Gasteiger partial charge in [0.1, 0.15) is 5.75 Å². The average Bonchev–Trinajstić information content (AvgIpc) is 2.73. The molecule has 6 heteroatoms. The van der Waals surface area contributed by atoms with Gasteiger partial charge in [-0.1, -0.05) is 40.2 Å². The van der Waals surface area contributed by atoms with E-state index in [0.717, 1.165) is 37.8 Å². The van der Waals surface area contributed by atoms with Gasteiger partial charge in [0, 0.05) is 17.2 Å². The molecule has 0 heterocycles. The molecule has 1 N–H and O–H groups in total. The maximum atomic E-state index is 12.9. The number of methoxy groups -OCH3 is 1. The topological polar surface area (TPSA) is 58.6 Å². The third-order valence-electron chi connectivity index (χ3n) is 5.16. The summed E-state index contributed by atoms with van der Waals surface area (Å²) in [5.41, 5.74) is 2.60. The fourth-order valence-electron chi connectivity index (χ4n) is 3.36. The van der Waals surface area contributed by atoms with Crippen LogP contribution >= 0.6 is 15.9 Å². The minimum atomic E-state index is -0.358. The summed E-state index contributed by atoms with van der Waals surface area (Å²) < 4.78 is 6.21. The summed E-state index contributed by atoms with van der Waals surface area (Å²) in [6.07, 6.45) is 0. The van der Waals surface area contributed by atoms with Crippen LogP contribution in [0.1, 0.15) is 24.0 Å². The van der Waals surface area contributed by atoms with Crippen molar-refractivity contribution in [3.8, 4) is 5.75 Å². The highest BCUT2D eigenvalue weighted by atomic mass is 79.9. The van der Waals surface area contributed by atoms with Gasteiger partial charge < -0.3 is 15.0 Å². The van der Waals surface area contributed by atoms with E-state index in [1.54, 1.807) is 14.2 Å². The van der Waals surface area contributed by atoms with Crippen molar-refractivity contribution in [3.63, 3.8) is 0 Å². The second-order valence-electron chi connectivity index (χ2n) is 7.40. The number of halogens is 1. The number of benzene rings is 3. The molecule has 3 rings (SSSR count). The Morgan fingerprint density at radius 3 is 2.47 bits per heavy atom. The predicted molar refractivity (Wildman–Crippen MR) is 124 cm³/mol. The Labute approximate surface area is 185 Å². The molecule has 0 aliphatic heterocycles. The molecular weight excluding hydrogens is 444 g/mol. The number of amides is 2. The molecular formula is C24H25BrN2O3. The molecule has 0 aromatic heterocycles. The third-order valence-corrected chi connectivity index (χ3v) is 5.65. The lowest BCUT2D eigenvalue weighted by Gasteiger charge is -2.22. The van der Waals surface area contributed by atoms with Gasteiger partial charge in [0.2, 0.25) is 11.8 Å². The molecule has 5 nitrogen and oxygen atoms in total. The summed E-state index contributed by atoms with van der Waals surface area (Å²) >= 11 is 3.41. The van der Waals surface area contributed by atoms with Crippen molar-refractivity contribution in [1.29, 1.82) is 0 Å². The third kappa shape index (κ3) is 5.00. The molecule has 3 aromatic carbocycles. The smallest absolute Gasteiger partial charge is 0.243 e. The molecule has 0 unspecified atom stereocenters. The predicted octanol–water partition coefficient (Wildman–Crippen LogP) is 5.12. The number of fused-ring (bicyclic) bond motifs is 1. The Kier molecular flexibility index (Phi) is 6.77. The molecule has 1 atom stereocenters. The van der Waals surface area contributed by atoms with E-state index in [1.807, 2.05) is 68.4 Å². The van der Waals surface area contributed by atoms with Gasteiger partial charge in [-0.05, 0) is 66.1 Å². The minimum absolute atomic E-state index is 0.0105. The molecule has 0 spiro atoms. The largest absolute Gasteiger partial charge is 0.497 e. The van der Waals surface area contributed by atoms with Crippen molar-refractivity contribution in [2.45, 2.75) is 19.8 Å². The van der Waals surface area contributed by atoms with Gasteiger partial charge in [-0.25, -0.2) is 0 Å². The van der Waals surface area contributed by atoms with Gasteiger partial charge in [-0.2, -0.15) is 0 Å². The summed E-state index contributed by atoms with van der Waals surface area (Å²) in [5.74, 6) is 0.106. The Morgan fingerprint density at radius 1 is 1.07 bits per heavy atom. The van der Waals surface area contributed by atoms with Gasteiger partial charge >= 0.3 is 0 Å². The number of aryl methyl sites for hydroxylation is 1. The van der Waals surface area contributed by atoms with Crippen molar-refractivity contribution in [1.82, 2.24) is 4.90 Å². The number of carbonyl (C=O) groups is 2. The van der Waals surface area contributed by atoms with Crippen molar-refractivity contribution < 1.29 is 14.3 Å². The normalized spacial score (nSPS) is 11.8. The maximum absolute atomic E-state index is 12.9. The Bertz CT molecular complexity index is 1100. The first kappa shape index (κ1) is 21.8. The van der Waals surface area contributed by atoms with E-state index in [4.69, 9.17) is 4.74 Å². The van der Waals surface area contributed by atoms with E-state index in [2.05, 4.69) is 21.2 Å². The second kappa shape index (κ2) is 9.30. The number of anilines is 1. The van der Waals surface area contributed by atoms with Crippen molar-refractivity contribution >= 4 is 44.2 Å². The molecule has 0 saturated heterocycles. The molecule has 0 aliphatic carbocycles. The van der Waals surface area contributed by atoms with Crippen molar-refractivity contribution in [2.24, 2.45) is 0 Å². The number of rotatable bonds is 6. The molecule has 0 aliphatic rings. The molecule has 0 bridgehead atoms. The summed E-state index contributed by atoms with van der Waals surface area (Å²) in [4.78, 5) is 26.8. The first-order valence-corrected chi connectivity index (χ1v) is 10.5. The molecule has 2 amide bonds. The monoisotopic (exact) mass is 468 g/mol. The van der Waals surface area contributed by atoms with Gasteiger partial charge in [0.15, 0.2) is 0 Å².